The van der Waals surface area contributed by atoms with Crippen LogP contribution in [0.25, 0.3) is 0 Å². The zero-order valence-electron chi connectivity index (χ0n) is 11.5. The minimum Gasteiger partial charge on any atom is -0.297 e. The first-order chi connectivity index (χ1) is 9.22. The predicted octanol–water partition coefficient (Wildman–Crippen LogP) is 2.86. The lowest BCUT2D eigenvalue weighted by Crippen LogP contribution is -2.34. The van der Waals surface area contributed by atoms with E-state index in [0.29, 0.717) is 5.92 Å². The van der Waals surface area contributed by atoms with Crippen LogP contribution in [0, 0.1) is 13.8 Å². The van der Waals surface area contributed by atoms with E-state index in [4.69, 9.17) is 0 Å². The van der Waals surface area contributed by atoms with E-state index in [2.05, 4.69) is 39.3 Å². The smallest absolute Gasteiger partial charge is 0.0897 e. The maximum Gasteiger partial charge on any atom is 0.0897 e. The van der Waals surface area contributed by atoms with E-state index in [0.717, 1.165) is 18.1 Å². The molecule has 0 aliphatic carbocycles. The zero-order chi connectivity index (χ0) is 13.2. The second kappa shape index (κ2) is 5.43. The number of hydrogen-bond donors (Lipinski definition) is 1. The summed E-state index contributed by atoms with van der Waals surface area (Å²) in [6, 6.07) is 0. The maximum atomic E-state index is 4.57. The molecule has 4 nitrogen and oxygen atoms in total. The first kappa shape index (κ1) is 12.8. The summed E-state index contributed by atoms with van der Waals surface area (Å²) in [6.45, 7) is 7.48. The van der Waals surface area contributed by atoms with Crippen LogP contribution in [-0.2, 0) is 6.54 Å². The molecule has 0 aromatic carbocycles. The largest absolute Gasteiger partial charge is 0.297 e. The summed E-state index contributed by atoms with van der Waals surface area (Å²) < 4.78 is 0. The van der Waals surface area contributed by atoms with E-state index in [1.54, 1.807) is 11.3 Å². The molecule has 1 saturated heterocycles. The Hall–Kier alpha value is -1.20. The average Bonchev–Trinajstić information content (AvgIpc) is 2.99. The van der Waals surface area contributed by atoms with E-state index in [9.17, 15) is 0 Å². The number of piperidine rings is 1. The van der Waals surface area contributed by atoms with Crippen LogP contribution in [0.3, 0.4) is 0 Å². The van der Waals surface area contributed by atoms with Gasteiger partial charge in [0, 0.05) is 30.1 Å². The van der Waals surface area contributed by atoms with Gasteiger partial charge in [0.15, 0.2) is 0 Å². The second-order valence-corrected chi connectivity index (χ2v) is 6.46. The molecule has 19 heavy (non-hydrogen) atoms. The molecular weight excluding hydrogens is 256 g/mol. The van der Waals surface area contributed by atoms with Gasteiger partial charge in [0.2, 0.25) is 0 Å². The number of rotatable bonds is 3. The lowest BCUT2D eigenvalue weighted by atomic mass is 9.93. The monoisotopic (exact) mass is 276 g/mol. The van der Waals surface area contributed by atoms with Gasteiger partial charge in [-0.15, -0.1) is 11.3 Å². The van der Waals surface area contributed by atoms with Crippen molar-refractivity contribution in [2.45, 2.75) is 39.2 Å². The Morgan fingerprint density at radius 2 is 2.37 bits per heavy atom. The third-order valence-corrected chi connectivity index (χ3v) is 4.66. The number of nitrogens with one attached hydrogen (secondary N) is 1. The standard InChI is InChI=1S/C14H20N4S/c1-10-6-15-17-14(10)12-4-3-5-18(7-12)8-13-9-19-11(2)16-13/h6,9,12H,3-5,7-8H2,1-2H3,(H,15,17)/t12-/m0/s1. The average molecular weight is 276 g/mol. The molecule has 0 amide bonds. The highest BCUT2D eigenvalue weighted by atomic mass is 32.1. The Balaban J connectivity index is 1.66. The lowest BCUT2D eigenvalue weighted by Gasteiger charge is -2.32. The fourth-order valence-electron chi connectivity index (χ4n) is 2.91. The summed E-state index contributed by atoms with van der Waals surface area (Å²) in [7, 11) is 0. The van der Waals surface area contributed by atoms with Gasteiger partial charge >= 0.3 is 0 Å². The van der Waals surface area contributed by atoms with E-state index in [1.807, 2.05) is 6.20 Å². The van der Waals surface area contributed by atoms with Crippen LogP contribution in [0.2, 0.25) is 0 Å². The predicted molar refractivity (Wildman–Crippen MR) is 77.4 cm³/mol. The Morgan fingerprint density at radius 3 is 3.05 bits per heavy atom. The van der Waals surface area contributed by atoms with E-state index < -0.39 is 0 Å². The molecular formula is C14H20N4S. The minimum absolute atomic E-state index is 0.594. The zero-order valence-corrected chi connectivity index (χ0v) is 12.3. The van der Waals surface area contributed by atoms with Crippen LogP contribution in [0.15, 0.2) is 11.6 Å². The molecule has 1 N–H and O–H groups in total. The molecule has 0 bridgehead atoms. The van der Waals surface area contributed by atoms with Gasteiger partial charge in [0.05, 0.1) is 16.9 Å². The highest BCUT2D eigenvalue weighted by Crippen LogP contribution is 2.28. The summed E-state index contributed by atoms with van der Waals surface area (Å²) in [5.74, 6) is 0.594. The van der Waals surface area contributed by atoms with Crippen LogP contribution in [-0.4, -0.2) is 33.2 Å². The quantitative estimate of drug-likeness (QED) is 0.937. The number of aromatic nitrogens is 3. The molecule has 1 atom stereocenters. The fraction of sp³-hybridized carbons (Fsp3) is 0.571. The Morgan fingerprint density at radius 1 is 1.47 bits per heavy atom. The van der Waals surface area contributed by atoms with Crippen molar-refractivity contribution >= 4 is 11.3 Å². The van der Waals surface area contributed by atoms with Crippen molar-refractivity contribution in [1.29, 1.82) is 0 Å². The van der Waals surface area contributed by atoms with Crippen molar-refractivity contribution in [1.82, 2.24) is 20.1 Å². The molecule has 1 aliphatic heterocycles. The van der Waals surface area contributed by atoms with E-state index in [1.165, 1.54) is 36.3 Å². The Kier molecular flexibility index (Phi) is 3.66. The van der Waals surface area contributed by atoms with Gasteiger partial charge in [0.1, 0.15) is 0 Å². The number of aromatic amines is 1. The number of nitrogens with zero attached hydrogens (tertiary/aromatic N) is 3. The number of H-pyrrole nitrogens is 1. The van der Waals surface area contributed by atoms with Crippen molar-refractivity contribution in [3.8, 4) is 0 Å². The van der Waals surface area contributed by atoms with Crippen LogP contribution in [0.4, 0.5) is 0 Å². The highest BCUT2D eigenvalue weighted by molar-refractivity contribution is 7.09. The van der Waals surface area contributed by atoms with Gasteiger partial charge in [-0.25, -0.2) is 4.98 Å². The molecule has 2 aromatic heterocycles. The third-order valence-electron chi connectivity index (χ3n) is 3.83. The van der Waals surface area contributed by atoms with Gasteiger partial charge < -0.3 is 0 Å². The Bertz CT molecular complexity index is 545. The summed E-state index contributed by atoms with van der Waals surface area (Å²) in [5.41, 5.74) is 3.82. The molecule has 2 aromatic rings. The molecule has 1 aliphatic rings. The number of likely N-dealkylation sites (tertiary alicyclic amines) is 1. The molecule has 3 heterocycles. The number of thiazole rings is 1. The topological polar surface area (TPSA) is 44.8 Å². The first-order valence-corrected chi connectivity index (χ1v) is 7.73. The van der Waals surface area contributed by atoms with Crippen molar-refractivity contribution in [2.24, 2.45) is 0 Å². The van der Waals surface area contributed by atoms with Gasteiger partial charge in [-0.1, -0.05) is 0 Å². The van der Waals surface area contributed by atoms with Crippen LogP contribution in [0.1, 0.15) is 40.7 Å². The molecule has 1 fully saturated rings. The van der Waals surface area contributed by atoms with Gasteiger partial charge in [-0.2, -0.15) is 5.10 Å². The van der Waals surface area contributed by atoms with Gasteiger partial charge in [0.25, 0.3) is 0 Å². The van der Waals surface area contributed by atoms with Gasteiger partial charge in [-0.3, -0.25) is 10.00 Å². The molecule has 3 rings (SSSR count). The fourth-order valence-corrected chi connectivity index (χ4v) is 3.52. The lowest BCUT2D eigenvalue weighted by molar-refractivity contribution is 0.196. The normalized spacial score (nSPS) is 20.8. The molecule has 0 radical (unpaired) electrons. The van der Waals surface area contributed by atoms with Crippen LogP contribution < -0.4 is 0 Å². The van der Waals surface area contributed by atoms with Crippen molar-refractivity contribution in [3.63, 3.8) is 0 Å². The maximum absolute atomic E-state index is 4.57. The summed E-state index contributed by atoms with van der Waals surface area (Å²) in [6.07, 6.45) is 4.44. The summed E-state index contributed by atoms with van der Waals surface area (Å²) in [5, 5.41) is 10.7. The van der Waals surface area contributed by atoms with Crippen molar-refractivity contribution in [3.05, 3.63) is 33.5 Å². The summed E-state index contributed by atoms with van der Waals surface area (Å²) in [4.78, 5) is 7.08. The van der Waals surface area contributed by atoms with E-state index in [-0.39, 0.29) is 0 Å². The SMILES string of the molecule is Cc1nc(CN2CCC[C@H](c3[nH]ncc3C)C2)cs1. The molecule has 0 saturated carbocycles. The van der Waals surface area contributed by atoms with E-state index >= 15 is 0 Å². The third kappa shape index (κ3) is 2.87. The number of aryl methyl sites for hydroxylation is 2. The van der Waals surface area contributed by atoms with Crippen molar-refractivity contribution in [2.75, 3.05) is 13.1 Å². The molecule has 0 spiro atoms. The first-order valence-electron chi connectivity index (χ1n) is 6.85. The Labute approximate surface area is 117 Å². The molecule has 5 heteroatoms. The van der Waals surface area contributed by atoms with Gasteiger partial charge in [-0.05, 0) is 38.8 Å². The molecule has 0 unspecified atom stereocenters. The highest BCUT2D eigenvalue weighted by Gasteiger charge is 2.24. The van der Waals surface area contributed by atoms with Crippen molar-refractivity contribution < 1.29 is 0 Å². The van der Waals surface area contributed by atoms with Crippen LogP contribution in [0.5, 0.6) is 0 Å². The molecule has 102 valence electrons. The number of hydrogen-bond acceptors (Lipinski definition) is 4. The second-order valence-electron chi connectivity index (χ2n) is 5.40. The van der Waals surface area contributed by atoms with Crippen LogP contribution >= 0.6 is 11.3 Å². The minimum atomic E-state index is 0.594. The summed E-state index contributed by atoms with van der Waals surface area (Å²) >= 11 is 1.74.